The monoisotopic (exact) mass is 390 g/mol. The summed E-state index contributed by atoms with van der Waals surface area (Å²) in [5, 5.41) is 1.95. The fourth-order valence-corrected chi connectivity index (χ4v) is 4.25. The maximum atomic E-state index is 6.27. The second kappa shape index (κ2) is 6.84. The summed E-state index contributed by atoms with van der Waals surface area (Å²) in [6, 6.07) is 14.3. The number of H-pyrrole nitrogens is 1. The van der Waals surface area contributed by atoms with Crippen LogP contribution in [-0.4, -0.2) is 28.6 Å². The van der Waals surface area contributed by atoms with Gasteiger partial charge in [0, 0.05) is 40.6 Å². The molecule has 4 aromatic rings. The molecule has 1 unspecified atom stereocenters. The molecule has 28 heavy (non-hydrogen) atoms. The standard InChI is InChI=1S/C22H19ClN4O/c1-28-16-5-2-14(3-6-16)22-21-17(18-12-15(23)4-7-19(18)26-21)8-11-27(22)20-13-24-9-10-25-20/h2-7,9-10,12-13,22,26H,8,11H2,1H3. The molecule has 0 spiro atoms. The van der Waals surface area contributed by atoms with Crippen molar-refractivity contribution < 1.29 is 4.74 Å². The van der Waals surface area contributed by atoms with E-state index in [9.17, 15) is 0 Å². The normalized spacial score (nSPS) is 16.2. The van der Waals surface area contributed by atoms with Gasteiger partial charge in [0.15, 0.2) is 0 Å². The minimum atomic E-state index is 0.0116. The van der Waals surface area contributed by atoms with Crippen molar-refractivity contribution in [1.29, 1.82) is 0 Å². The topological polar surface area (TPSA) is 54.0 Å². The number of rotatable bonds is 3. The van der Waals surface area contributed by atoms with E-state index in [4.69, 9.17) is 16.3 Å². The summed E-state index contributed by atoms with van der Waals surface area (Å²) in [5.41, 5.74) is 4.77. The molecule has 5 nitrogen and oxygen atoms in total. The second-order valence-electron chi connectivity index (χ2n) is 6.89. The number of fused-ring (bicyclic) bond motifs is 3. The molecule has 140 valence electrons. The summed E-state index contributed by atoms with van der Waals surface area (Å²) >= 11 is 6.27. The number of nitrogens with zero attached hydrogens (tertiary/aromatic N) is 3. The molecule has 0 fully saturated rings. The fraction of sp³-hybridized carbons (Fsp3) is 0.182. The van der Waals surface area contributed by atoms with E-state index in [1.807, 2.05) is 30.5 Å². The zero-order chi connectivity index (χ0) is 19.1. The van der Waals surface area contributed by atoms with E-state index >= 15 is 0 Å². The Morgan fingerprint density at radius 3 is 2.75 bits per heavy atom. The van der Waals surface area contributed by atoms with Crippen LogP contribution in [0.1, 0.15) is 22.9 Å². The van der Waals surface area contributed by atoms with Crippen LogP contribution in [0.4, 0.5) is 5.82 Å². The summed E-state index contributed by atoms with van der Waals surface area (Å²) in [5.74, 6) is 1.71. The molecule has 2 aromatic heterocycles. The maximum Gasteiger partial charge on any atom is 0.147 e. The first-order valence-electron chi connectivity index (χ1n) is 9.21. The van der Waals surface area contributed by atoms with E-state index < -0.39 is 0 Å². The molecule has 5 rings (SSSR count). The van der Waals surface area contributed by atoms with Gasteiger partial charge in [-0.25, -0.2) is 4.98 Å². The molecule has 0 aliphatic carbocycles. The molecule has 0 amide bonds. The van der Waals surface area contributed by atoms with Gasteiger partial charge >= 0.3 is 0 Å². The summed E-state index contributed by atoms with van der Waals surface area (Å²) in [6.07, 6.45) is 6.17. The van der Waals surface area contributed by atoms with E-state index in [2.05, 4.69) is 38.1 Å². The van der Waals surface area contributed by atoms with Crippen molar-refractivity contribution in [2.75, 3.05) is 18.6 Å². The predicted molar refractivity (Wildman–Crippen MR) is 111 cm³/mol. The van der Waals surface area contributed by atoms with Gasteiger partial charge in [-0.1, -0.05) is 23.7 Å². The highest BCUT2D eigenvalue weighted by Gasteiger charge is 2.32. The van der Waals surface area contributed by atoms with Crippen molar-refractivity contribution in [3.05, 3.63) is 82.9 Å². The second-order valence-corrected chi connectivity index (χ2v) is 7.33. The van der Waals surface area contributed by atoms with E-state index in [0.717, 1.165) is 35.1 Å². The van der Waals surface area contributed by atoms with Crippen LogP contribution in [0.25, 0.3) is 10.9 Å². The van der Waals surface area contributed by atoms with E-state index in [-0.39, 0.29) is 6.04 Å². The van der Waals surface area contributed by atoms with Crippen LogP contribution in [0, 0.1) is 0 Å². The molecule has 1 aliphatic heterocycles. The summed E-state index contributed by atoms with van der Waals surface area (Å²) in [7, 11) is 1.68. The number of aromatic nitrogens is 3. The van der Waals surface area contributed by atoms with Gasteiger partial charge in [-0.15, -0.1) is 0 Å². The predicted octanol–water partition coefficient (Wildman–Crippen LogP) is 4.77. The Bertz CT molecular complexity index is 1120. The average Bonchev–Trinajstić information content (AvgIpc) is 3.11. The number of methoxy groups -OCH3 is 1. The van der Waals surface area contributed by atoms with Gasteiger partial charge in [-0.3, -0.25) is 4.98 Å². The molecule has 3 heterocycles. The lowest BCUT2D eigenvalue weighted by Gasteiger charge is -2.37. The van der Waals surface area contributed by atoms with E-state index in [1.54, 1.807) is 19.5 Å². The minimum Gasteiger partial charge on any atom is -0.497 e. The minimum absolute atomic E-state index is 0.0116. The Labute approximate surface area is 168 Å². The first-order valence-corrected chi connectivity index (χ1v) is 9.59. The molecule has 2 aromatic carbocycles. The third-order valence-corrected chi connectivity index (χ3v) is 5.60. The molecular formula is C22H19ClN4O. The number of anilines is 1. The lowest BCUT2D eigenvalue weighted by atomic mass is 9.92. The highest BCUT2D eigenvalue weighted by Crippen LogP contribution is 2.40. The molecular weight excluding hydrogens is 372 g/mol. The zero-order valence-corrected chi connectivity index (χ0v) is 16.1. The van der Waals surface area contributed by atoms with Crippen LogP contribution in [0.5, 0.6) is 5.75 Å². The Hall–Kier alpha value is -3.05. The molecule has 0 saturated carbocycles. The molecule has 6 heteroatoms. The number of benzene rings is 2. The molecule has 0 bridgehead atoms. The van der Waals surface area contributed by atoms with Gasteiger partial charge in [0.2, 0.25) is 0 Å². The van der Waals surface area contributed by atoms with Crippen molar-refractivity contribution >= 4 is 28.3 Å². The number of hydrogen-bond acceptors (Lipinski definition) is 4. The molecule has 1 N–H and O–H groups in total. The third kappa shape index (κ3) is 2.79. The molecule has 0 saturated heterocycles. The molecule has 1 atom stereocenters. The van der Waals surface area contributed by atoms with Crippen molar-refractivity contribution in [1.82, 2.24) is 15.0 Å². The highest BCUT2D eigenvalue weighted by molar-refractivity contribution is 6.31. The number of nitrogens with one attached hydrogen (secondary N) is 1. The average molecular weight is 391 g/mol. The van der Waals surface area contributed by atoms with Crippen LogP contribution in [0.3, 0.4) is 0 Å². The Balaban J connectivity index is 1.70. The Morgan fingerprint density at radius 2 is 2.00 bits per heavy atom. The SMILES string of the molecule is COc1ccc(C2c3[nH]c4ccc(Cl)cc4c3CCN2c2cnccn2)cc1. The van der Waals surface area contributed by atoms with E-state index in [1.165, 1.54) is 22.2 Å². The van der Waals surface area contributed by atoms with Crippen molar-refractivity contribution in [3.63, 3.8) is 0 Å². The summed E-state index contributed by atoms with van der Waals surface area (Å²) in [4.78, 5) is 14.8. The summed E-state index contributed by atoms with van der Waals surface area (Å²) in [6.45, 7) is 0.849. The van der Waals surface area contributed by atoms with Crippen LogP contribution in [0.15, 0.2) is 61.1 Å². The fourth-order valence-electron chi connectivity index (χ4n) is 4.08. The van der Waals surface area contributed by atoms with E-state index in [0.29, 0.717) is 0 Å². The van der Waals surface area contributed by atoms with Gasteiger partial charge < -0.3 is 14.6 Å². The van der Waals surface area contributed by atoms with Crippen molar-refractivity contribution in [2.24, 2.45) is 0 Å². The van der Waals surface area contributed by atoms with Crippen LogP contribution in [-0.2, 0) is 6.42 Å². The molecule has 1 aliphatic rings. The van der Waals surface area contributed by atoms with Crippen LogP contribution < -0.4 is 9.64 Å². The maximum absolute atomic E-state index is 6.27. The van der Waals surface area contributed by atoms with Gasteiger partial charge in [0.25, 0.3) is 0 Å². The van der Waals surface area contributed by atoms with Gasteiger partial charge in [0.1, 0.15) is 11.6 Å². The Morgan fingerprint density at radius 1 is 1.14 bits per heavy atom. The number of aromatic amines is 1. The number of ether oxygens (including phenoxy) is 1. The largest absolute Gasteiger partial charge is 0.497 e. The number of halogens is 1. The van der Waals surface area contributed by atoms with Crippen molar-refractivity contribution in [2.45, 2.75) is 12.5 Å². The number of hydrogen-bond donors (Lipinski definition) is 1. The highest BCUT2D eigenvalue weighted by atomic mass is 35.5. The lowest BCUT2D eigenvalue weighted by Crippen LogP contribution is -2.36. The smallest absolute Gasteiger partial charge is 0.147 e. The van der Waals surface area contributed by atoms with Crippen LogP contribution in [0.2, 0.25) is 5.02 Å². The Kier molecular flexibility index (Phi) is 4.17. The van der Waals surface area contributed by atoms with Gasteiger partial charge in [0.05, 0.1) is 19.3 Å². The van der Waals surface area contributed by atoms with Gasteiger partial charge in [-0.05, 0) is 47.9 Å². The third-order valence-electron chi connectivity index (χ3n) is 5.36. The molecule has 0 radical (unpaired) electrons. The quantitative estimate of drug-likeness (QED) is 0.547. The first-order chi connectivity index (χ1) is 13.7. The van der Waals surface area contributed by atoms with Gasteiger partial charge in [-0.2, -0.15) is 0 Å². The first kappa shape index (κ1) is 17.1. The van der Waals surface area contributed by atoms with Crippen LogP contribution >= 0.6 is 11.6 Å². The summed E-state index contributed by atoms with van der Waals surface area (Å²) < 4.78 is 5.34. The van der Waals surface area contributed by atoms with Crippen molar-refractivity contribution in [3.8, 4) is 5.75 Å². The lowest BCUT2D eigenvalue weighted by molar-refractivity contribution is 0.414. The zero-order valence-electron chi connectivity index (χ0n) is 15.4.